The van der Waals surface area contributed by atoms with Crippen molar-refractivity contribution in [1.82, 2.24) is 5.48 Å². The predicted molar refractivity (Wildman–Crippen MR) is 68.2 cm³/mol. The molecule has 0 bridgehead atoms. The highest BCUT2D eigenvalue weighted by Crippen LogP contribution is 2.38. The van der Waals surface area contributed by atoms with Crippen molar-refractivity contribution in [2.75, 3.05) is 20.8 Å². The van der Waals surface area contributed by atoms with E-state index in [-0.39, 0.29) is 5.91 Å². The third-order valence-electron chi connectivity index (χ3n) is 2.81. The Morgan fingerprint density at radius 3 is 2.94 bits per heavy atom. The number of methoxy groups -OCH3 is 1. The number of carbonyl (C=O) groups is 1. The molecule has 18 heavy (non-hydrogen) atoms. The van der Waals surface area contributed by atoms with Gasteiger partial charge in [-0.05, 0) is 34.0 Å². The highest BCUT2D eigenvalue weighted by atomic mass is 79.9. The smallest absolute Gasteiger partial charge is 0.277 e. The van der Waals surface area contributed by atoms with Gasteiger partial charge in [-0.15, -0.1) is 0 Å². The van der Waals surface area contributed by atoms with Gasteiger partial charge in [0, 0.05) is 5.56 Å². The lowest BCUT2D eigenvalue weighted by molar-refractivity contribution is -0.144. The second kappa shape index (κ2) is 5.69. The number of halogens is 1. The predicted octanol–water partition coefficient (Wildman–Crippen LogP) is 1.75. The van der Waals surface area contributed by atoms with Crippen LogP contribution in [0.25, 0.3) is 0 Å². The summed E-state index contributed by atoms with van der Waals surface area (Å²) in [7, 11) is 3.00. The molecule has 2 rings (SSSR count). The van der Waals surface area contributed by atoms with Crippen LogP contribution in [0.5, 0.6) is 5.75 Å². The van der Waals surface area contributed by atoms with Crippen LogP contribution in [0.15, 0.2) is 16.6 Å². The zero-order valence-corrected chi connectivity index (χ0v) is 11.7. The van der Waals surface area contributed by atoms with Crippen LogP contribution in [0.4, 0.5) is 0 Å². The van der Waals surface area contributed by atoms with E-state index in [1.54, 1.807) is 7.11 Å². The normalized spacial score (nSPS) is 18.1. The van der Waals surface area contributed by atoms with Crippen LogP contribution >= 0.6 is 15.9 Å². The minimum atomic E-state index is -0.657. The Hall–Kier alpha value is -1.11. The van der Waals surface area contributed by atoms with E-state index in [9.17, 15) is 4.79 Å². The second-order valence-corrected chi connectivity index (χ2v) is 4.67. The van der Waals surface area contributed by atoms with Crippen molar-refractivity contribution in [2.45, 2.75) is 12.5 Å². The molecule has 98 valence electrons. The minimum Gasteiger partial charge on any atom is -0.495 e. The number of nitrogens with one attached hydrogen (secondary N) is 1. The first-order chi connectivity index (χ1) is 8.69. The lowest BCUT2D eigenvalue weighted by atomic mass is 9.96. The molecule has 0 spiro atoms. The molecule has 1 unspecified atom stereocenters. The van der Waals surface area contributed by atoms with Crippen LogP contribution < -0.4 is 10.2 Å². The van der Waals surface area contributed by atoms with Crippen molar-refractivity contribution in [3.63, 3.8) is 0 Å². The number of amides is 1. The SMILES string of the molecule is CONC(=O)C1OCCc2c1ccc(Br)c2OC. The highest BCUT2D eigenvalue weighted by molar-refractivity contribution is 9.10. The van der Waals surface area contributed by atoms with Gasteiger partial charge in [0.25, 0.3) is 5.91 Å². The van der Waals surface area contributed by atoms with E-state index in [0.717, 1.165) is 21.3 Å². The third kappa shape index (κ3) is 2.36. The first-order valence-corrected chi connectivity index (χ1v) is 6.28. The maximum Gasteiger partial charge on any atom is 0.277 e. The monoisotopic (exact) mass is 315 g/mol. The summed E-state index contributed by atoms with van der Waals surface area (Å²) in [5, 5.41) is 0. The summed E-state index contributed by atoms with van der Waals surface area (Å²) in [4.78, 5) is 16.5. The van der Waals surface area contributed by atoms with Crippen LogP contribution in [0.1, 0.15) is 17.2 Å². The quantitative estimate of drug-likeness (QED) is 0.863. The zero-order chi connectivity index (χ0) is 13.1. The van der Waals surface area contributed by atoms with Gasteiger partial charge in [-0.3, -0.25) is 9.63 Å². The van der Waals surface area contributed by atoms with Gasteiger partial charge in [-0.1, -0.05) is 6.07 Å². The van der Waals surface area contributed by atoms with Gasteiger partial charge in [0.1, 0.15) is 5.75 Å². The summed E-state index contributed by atoms with van der Waals surface area (Å²) in [6, 6.07) is 3.71. The summed E-state index contributed by atoms with van der Waals surface area (Å²) in [6.45, 7) is 0.474. The van der Waals surface area contributed by atoms with Crippen LogP contribution in [0, 0.1) is 0 Å². The fraction of sp³-hybridized carbons (Fsp3) is 0.417. The number of benzene rings is 1. The van der Waals surface area contributed by atoms with E-state index in [0.29, 0.717) is 13.0 Å². The fourth-order valence-electron chi connectivity index (χ4n) is 2.08. The molecule has 1 aromatic rings. The van der Waals surface area contributed by atoms with Crippen molar-refractivity contribution in [1.29, 1.82) is 0 Å². The molecule has 0 saturated heterocycles. The lowest BCUT2D eigenvalue weighted by Crippen LogP contribution is -2.33. The van der Waals surface area contributed by atoms with Crippen LogP contribution in [-0.4, -0.2) is 26.7 Å². The van der Waals surface area contributed by atoms with Gasteiger partial charge >= 0.3 is 0 Å². The van der Waals surface area contributed by atoms with Crippen molar-refractivity contribution >= 4 is 21.8 Å². The van der Waals surface area contributed by atoms with Crippen molar-refractivity contribution < 1.29 is 19.1 Å². The number of carbonyl (C=O) groups excluding carboxylic acids is 1. The summed E-state index contributed by atoms with van der Waals surface area (Å²) >= 11 is 3.43. The molecule has 5 nitrogen and oxygen atoms in total. The summed E-state index contributed by atoms with van der Waals surface area (Å²) in [5.41, 5.74) is 4.10. The van der Waals surface area contributed by atoms with Crippen LogP contribution in [0.2, 0.25) is 0 Å². The number of fused-ring (bicyclic) bond motifs is 1. The molecule has 1 amide bonds. The highest BCUT2D eigenvalue weighted by Gasteiger charge is 2.30. The number of rotatable bonds is 3. The molecule has 1 N–H and O–H groups in total. The van der Waals surface area contributed by atoms with E-state index in [1.165, 1.54) is 7.11 Å². The van der Waals surface area contributed by atoms with Crippen LogP contribution in [0.3, 0.4) is 0 Å². The fourth-order valence-corrected chi connectivity index (χ4v) is 2.61. The Kier molecular flexibility index (Phi) is 4.21. The number of hydrogen-bond donors (Lipinski definition) is 1. The molecule has 0 radical (unpaired) electrons. The van der Waals surface area contributed by atoms with E-state index >= 15 is 0 Å². The molecule has 1 aliphatic rings. The summed E-state index contributed by atoms with van der Waals surface area (Å²) in [5.74, 6) is 0.439. The Morgan fingerprint density at radius 2 is 2.28 bits per heavy atom. The molecule has 0 saturated carbocycles. The van der Waals surface area contributed by atoms with Crippen molar-refractivity contribution in [3.05, 3.63) is 27.7 Å². The number of hydroxylamine groups is 1. The standard InChI is InChI=1S/C12H14BrNO4/c1-16-10-8-5-6-18-11(12(15)14-17-2)7(8)3-4-9(10)13/h3-4,11H,5-6H2,1-2H3,(H,14,15). The average Bonchev–Trinajstić information content (AvgIpc) is 2.38. The first-order valence-electron chi connectivity index (χ1n) is 5.48. The molecule has 0 fully saturated rings. The van der Waals surface area contributed by atoms with Crippen LogP contribution in [-0.2, 0) is 20.8 Å². The van der Waals surface area contributed by atoms with Gasteiger partial charge in [-0.25, -0.2) is 5.48 Å². The zero-order valence-electron chi connectivity index (χ0n) is 10.2. The molecule has 0 aliphatic carbocycles. The first kappa shape index (κ1) is 13.3. The second-order valence-electron chi connectivity index (χ2n) is 3.82. The minimum absolute atomic E-state index is 0.317. The third-order valence-corrected chi connectivity index (χ3v) is 3.44. The maximum atomic E-state index is 11.8. The van der Waals surface area contributed by atoms with Crippen molar-refractivity contribution in [3.8, 4) is 5.75 Å². The Bertz CT molecular complexity index is 464. The lowest BCUT2D eigenvalue weighted by Gasteiger charge is -2.26. The van der Waals surface area contributed by atoms with E-state index in [4.69, 9.17) is 9.47 Å². The van der Waals surface area contributed by atoms with Gasteiger partial charge in [0.2, 0.25) is 0 Å². The molecule has 0 aromatic heterocycles. The molecular formula is C12H14BrNO4. The summed E-state index contributed by atoms with van der Waals surface area (Å²) in [6.07, 6.45) is 0.0602. The van der Waals surface area contributed by atoms with Crippen molar-refractivity contribution in [2.24, 2.45) is 0 Å². The molecule has 1 atom stereocenters. The van der Waals surface area contributed by atoms with E-state index in [2.05, 4.69) is 26.2 Å². The van der Waals surface area contributed by atoms with E-state index in [1.807, 2.05) is 12.1 Å². The molecule has 6 heteroatoms. The Labute approximate surface area is 113 Å². The number of hydrogen-bond acceptors (Lipinski definition) is 4. The largest absolute Gasteiger partial charge is 0.495 e. The topological polar surface area (TPSA) is 56.8 Å². The average molecular weight is 316 g/mol. The maximum absolute atomic E-state index is 11.8. The summed E-state index contributed by atoms with van der Waals surface area (Å²) < 4.78 is 11.7. The van der Waals surface area contributed by atoms with Gasteiger partial charge in [0.05, 0.1) is 25.3 Å². The Morgan fingerprint density at radius 1 is 1.50 bits per heavy atom. The van der Waals surface area contributed by atoms with Gasteiger partial charge in [0.15, 0.2) is 6.10 Å². The molecule has 1 aromatic carbocycles. The molecular weight excluding hydrogens is 302 g/mol. The molecule has 1 heterocycles. The Balaban J connectivity index is 2.41. The van der Waals surface area contributed by atoms with E-state index < -0.39 is 6.10 Å². The van der Waals surface area contributed by atoms with Gasteiger partial charge < -0.3 is 9.47 Å². The van der Waals surface area contributed by atoms with Gasteiger partial charge in [-0.2, -0.15) is 0 Å². The molecule has 1 aliphatic heterocycles. The number of ether oxygens (including phenoxy) is 2.